The van der Waals surface area contributed by atoms with Crippen molar-refractivity contribution in [2.24, 2.45) is 0 Å². The molecule has 5 aromatic rings. The highest BCUT2D eigenvalue weighted by Crippen LogP contribution is 2.29. The van der Waals surface area contributed by atoms with E-state index in [0.717, 1.165) is 28.8 Å². The largest absolute Gasteiger partial charge is 0.478 e. The van der Waals surface area contributed by atoms with Gasteiger partial charge < -0.3 is 5.11 Å². The van der Waals surface area contributed by atoms with Crippen molar-refractivity contribution in [1.82, 2.24) is 34.7 Å². The zero-order valence-electron chi connectivity index (χ0n) is 20.2. The maximum atomic E-state index is 13.3. The summed E-state index contributed by atoms with van der Waals surface area (Å²) in [7, 11) is 0. The van der Waals surface area contributed by atoms with Crippen LogP contribution in [0.3, 0.4) is 0 Å². The second-order valence-electron chi connectivity index (χ2n) is 8.65. The van der Waals surface area contributed by atoms with Crippen molar-refractivity contribution in [1.29, 1.82) is 0 Å². The maximum Gasteiger partial charge on any atom is 0.336 e. The molecule has 2 N–H and O–H groups in total. The number of carbonyl (C=O) groups is 1. The molecule has 5 rings (SSSR count). The lowest BCUT2D eigenvalue weighted by atomic mass is 9.97. The molecule has 0 amide bonds. The molecule has 0 spiro atoms. The lowest BCUT2D eigenvalue weighted by molar-refractivity contribution is 0.0694. The van der Waals surface area contributed by atoms with E-state index in [1.165, 1.54) is 0 Å². The van der Waals surface area contributed by atoms with Crippen LogP contribution in [0.4, 0.5) is 0 Å². The van der Waals surface area contributed by atoms with Crippen LogP contribution in [-0.2, 0) is 6.54 Å². The summed E-state index contributed by atoms with van der Waals surface area (Å²) in [5.74, 6) is -0.437. The number of nitrogens with one attached hydrogen (secondary N) is 1. The molecule has 3 aromatic heterocycles. The van der Waals surface area contributed by atoms with Gasteiger partial charge in [-0.15, -0.1) is 5.10 Å². The maximum absolute atomic E-state index is 13.3. The number of hydrogen-bond donors (Lipinski definition) is 2. The summed E-state index contributed by atoms with van der Waals surface area (Å²) in [6.07, 6.45) is 6.64. The number of aromatic amines is 1. The molecule has 0 saturated carbocycles. The van der Waals surface area contributed by atoms with Crippen LogP contribution in [-0.4, -0.2) is 45.8 Å². The van der Waals surface area contributed by atoms with Crippen LogP contribution >= 0.6 is 0 Å². The summed E-state index contributed by atoms with van der Waals surface area (Å²) in [6, 6.07) is 18.1. The summed E-state index contributed by atoms with van der Waals surface area (Å²) in [5.41, 5.74) is 4.03. The summed E-state index contributed by atoms with van der Waals surface area (Å²) in [5, 5.41) is 23.8. The molecule has 0 aliphatic carbocycles. The minimum atomic E-state index is -1.00. The Hall–Kier alpha value is -4.86. The molecule has 10 nitrogen and oxygen atoms in total. The van der Waals surface area contributed by atoms with Crippen LogP contribution < -0.4 is 5.69 Å². The highest BCUT2D eigenvalue weighted by molar-refractivity contribution is 5.89. The predicted octanol–water partition coefficient (Wildman–Crippen LogP) is 4.03. The third kappa shape index (κ3) is 4.81. The molecule has 10 heteroatoms. The number of benzene rings is 2. The van der Waals surface area contributed by atoms with Crippen molar-refractivity contribution in [2.75, 3.05) is 0 Å². The Morgan fingerprint density at radius 3 is 2.51 bits per heavy atom. The van der Waals surface area contributed by atoms with E-state index in [0.29, 0.717) is 24.4 Å². The van der Waals surface area contributed by atoms with Gasteiger partial charge in [0.05, 0.1) is 23.8 Å². The number of H-pyrrole nitrogens is 1. The fourth-order valence-electron chi connectivity index (χ4n) is 4.55. The fraction of sp³-hybridized carbons (Fsp3) is 0.185. The molecular weight excluding hydrogens is 470 g/mol. The molecule has 0 fully saturated rings. The lowest BCUT2D eigenvalue weighted by Gasteiger charge is -2.19. The molecule has 0 bridgehead atoms. The van der Waals surface area contributed by atoms with Crippen molar-refractivity contribution >= 4 is 5.97 Å². The average molecular weight is 496 g/mol. The van der Waals surface area contributed by atoms with Gasteiger partial charge in [-0.05, 0) is 40.1 Å². The average Bonchev–Trinajstić information content (AvgIpc) is 3.59. The molecule has 3 heterocycles. The SMILES string of the molecule is CCCC(c1ccccc1C(=O)O)n1ccn(Cc2ccc(-c3ccccc3-c3nnn[nH]3)cn2)c1=O. The summed E-state index contributed by atoms with van der Waals surface area (Å²) in [6.45, 7) is 2.31. The first-order valence-corrected chi connectivity index (χ1v) is 11.9. The Balaban J connectivity index is 1.41. The topological polar surface area (TPSA) is 132 Å². The third-order valence-corrected chi connectivity index (χ3v) is 6.32. The van der Waals surface area contributed by atoms with E-state index in [2.05, 4.69) is 25.6 Å². The number of carboxylic acids is 1. The lowest BCUT2D eigenvalue weighted by Crippen LogP contribution is -2.29. The van der Waals surface area contributed by atoms with Gasteiger partial charge >= 0.3 is 11.7 Å². The zero-order chi connectivity index (χ0) is 25.8. The van der Waals surface area contributed by atoms with Crippen LogP contribution in [0.5, 0.6) is 0 Å². The minimum absolute atomic E-state index is 0.208. The van der Waals surface area contributed by atoms with Crippen LogP contribution in [0.2, 0.25) is 0 Å². The predicted molar refractivity (Wildman–Crippen MR) is 137 cm³/mol. The van der Waals surface area contributed by atoms with Gasteiger partial charge in [-0.3, -0.25) is 14.1 Å². The molecule has 1 unspecified atom stereocenters. The second kappa shape index (κ2) is 10.4. The van der Waals surface area contributed by atoms with Gasteiger partial charge in [0.1, 0.15) is 0 Å². The summed E-state index contributed by atoms with van der Waals surface area (Å²) < 4.78 is 3.20. The molecule has 1 atom stereocenters. The molecule has 37 heavy (non-hydrogen) atoms. The van der Waals surface area contributed by atoms with E-state index in [1.54, 1.807) is 52.0 Å². The van der Waals surface area contributed by atoms with Gasteiger partial charge in [0, 0.05) is 29.7 Å². The molecule has 186 valence electrons. The number of aromatic carboxylic acids is 1. The van der Waals surface area contributed by atoms with Crippen LogP contribution in [0.25, 0.3) is 22.5 Å². The molecule has 0 saturated heterocycles. The van der Waals surface area contributed by atoms with E-state index in [-0.39, 0.29) is 17.3 Å². The first-order chi connectivity index (χ1) is 18.1. The highest BCUT2D eigenvalue weighted by Gasteiger charge is 2.22. The number of aromatic nitrogens is 7. The number of tetrazole rings is 1. The Morgan fingerprint density at radius 1 is 1.03 bits per heavy atom. The van der Waals surface area contributed by atoms with Crippen LogP contribution in [0.15, 0.2) is 84.0 Å². The summed E-state index contributed by atoms with van der Waals surface area (Å²) >= 11 is 0. The molecule has 0 aliphatic heterocycles. The standard InChI is InChI=1S/C27H25N7O3/c1-2-7-24(21-9-4-6-11-23(21)26(35)36)34-15-14-33(27(34)37)17-19-13-12-18(16-28-19)20-8-3-5-10-22(20)25-29-31-32-30-25/h3-6,8-16,24H,2,7,17H2,1H3,(H,35,36)(H,29,30,31,32). The molecule has 0 radical (unpaired) electrons. The molecule has 0 aliphatic rings. The normalized spacial score (nSPS) is 11.9. The number of carboxylic acid groups (broad SMARTS) is 1. The van der Waals surface area contributed by atoms with E-state index < -0.39 is 5.97 Å². The number of rotatable bonds is 9. The van der Waals surface area contributed by atoms with Gasteiger partial charge in [0.2, 0.25) is 0 Å². The van der Waals surface area contributed by atoms with Crippen molar-refractivity contribution in [3.05, 3.63) is 107 Å². The smallest absolute Gasteiger partial charge is 0.336 e. The number of hydrogen-bond acceptors (Lipinski definition) is 6. The Kier molecular flexibility index (Phi) is 6.71. The van der Waals surface area contributed by atoms with E-state index >= 15 is 0 Å². The van der Waals surface area contributed by atoms with Gasteiger partial charge in [0.25, 0.3) is 0 Å². The van der Waals surface area contributed by atoms with Crippen molar-refractivity contribution < 1.29 is 9.90 Å². The van der Waals surface area contributed by atoms with Crippen molar-refractivity contribution in [3.63, 3.8) is 0 Å². The third-order valence-electron chi connectivity index (χ3n) is 6.32. The van der Waals surface area contributed by atoms with Gasteiger partial charge in [-0.1, -0.05) is 61.9 Å². The van der Waals surface area contributed by atoms with Crippen molar-refractivity contribution in [3.8, 4) is 22.5 Å². The summed E-state index contributed by atoms with van der Waals surface area (Å²) in [4.78, 5) is 29.7. The number of pyridine rings is 1. The van der Waals surface area contributed by atoms with E-state index in [1.807, 2.05) is 43.3 Å². The van der Waals surface area contributed by atoms with E-state index in [4.69, 9.17) is 0 Å². The fourth-order valence-corrected chi connectivity index (χ4v) is 4.55. The van der Waals surface area contributed by atoms with Crippen LogP contribution in [0, 0.1) is 0 Å². The van der Waals surface area contributed by atoms with Gasteiger partial charge in [0.15, 0.2) is 5.82 Å². The molecule has 2 aromatic carbocycles. The zero-order valence-corrected chi connectivity index (χ0v) is 20.2. The first-order valence-electron chi connectivity index (χ1n) is 11.9. The number of nitrogens with zero attached hydrogens (tertiary/aromatic N) is 6. The quantitative estimate of drug-likeness (QED) is 0.316. The van der Waals surface area contributed by atoms with Gasteiger partial charge in [-0.2, -0.15) is 0 Å². The monoisotopic (exact) mass is 495 g/mol. The highest BCUT2D eigenvalue weighted by atomic mass is 16.4. The minimum Gasteiger partial charge on any atom is -0.478 e. The first kappa shape index (κ1) is 23.9. The molecular formula is C27H25N7O3. The van der Waals surface area contributed by atoms with E-state index in [9.17, 15) is 14.7 Å². The Labute approximate surface area is 212 Å². The second-order valence-corrected chi connectivity index (χ2v) is 8.65. The van der Waals surface area contributed by atoms with Crippen molar-refractivity contribution in [2.45, 2.75) is 32.4 Å². The number of imidazole rings is 1. The van der Waals surface area contributed by atoms with Crippen LogP contribution in [0.1, 0.15) is 47.4 Å². The Morgan fingerprint density at radius 2 is 1.81 bits per heavy atom. The van der Waals surface area contributed by atoms with Gasteiger partial charge in [-0.25, -0.2) is 14.7 Å². The Bertz CT molecular complexity index is 1570.